The lowest BCUT2D eigenvalue weighted by atomic mass is 10.1. The normalized spacial score (nSPS) is 18.8. The molecule has 0 radical (unpaired) electrons. The van der Waals surface area contributed by atoms with Gasteiger partial charge in [0.1, 0.15) is 0 Å². The van der Waals surface area contributed by atoms with Gasteiger partial charge < -0.3 is 4.52 Å². The van der Waals surface area contributed by atoms with E-state index in [0.717, 1.165) is 31.8 Å². The summed E-state index contributed by atoms with van der Waals surface area (Å²) < 4.78 is 29.8. The van der Waals surface area contributed by atoms with E-state index in [0.29, 0.717) is 12.4 Å². The Morgan fingerprint density at radius 1 is 1.38 bits per heavy atom. The topological polar surface area (TPSA) is 79.5 Å². The van der Waals surface area contributed by atoms with Crippen molar-refractivity contribution in [2.45, 2.75) is 45.2 Å². The molecule has 0 spiro atoms. The highest BCUT2D eigenvalue weighted by Gasteiger charge is 2.27. The monoisotopic (exact) mass is 316 g/mol. The maximum Gasteiger partial charge on any atom is 0.240 e. The van der Waals surface area contributed by atoms with Crippen LogP contribution in [0.4, 0.5) is 0 Å². The lowest BCUT2D eigenvalue weighted by Crippen LogP contribution is -2.44. The molecule has 1 saturated heterocycles. The first kappa shape index (κ1) is 16.4. The van der Waals surface area contributed by atoms with Gasteiger partial charge in [-0.15, -0.1) is 0 Å². The molecule has 1 aromatic heterocycles. The van der Waals surface area contributed by atoms with Crippen LogP contribution in [0.5, 0.6) is 0 Å². The van der Waals surface area contributed by atoms with Crippen LogP contribution < -0.4 is 0 Å². The van der Waals surface area contributed by atoms with Crippen LogP contribution in [0, 0.1) is 0 Å². The molecule has 21 heavy (non-hydrogen) atoms. The summed E-state index contributed by atoms with van der Waals surface area (Å²) in [4.78, 5) is 6.60. The van der Waals surface area contributed by atoms with E-state index in [2.05, 4.69) is 15.0 Å². The summed E-state index contributed by atoms with van der Waals surface area (Å²) in [5, 5.41) is 3.96. The van der Waals surface area contributed by atoms with Crippen LogP contribution in [0.15, 0.2) is 4.52 Å². The van der Waals surface area contributed by atoms with E-state index in [-0.39, 0.29) is 12.0 Å². The maximum absolute atomic E-state index is 11.5. The van der Waals surface area contributed by atoms with Crippen molar-refractivity contribution >= 4 is 10.0 Å². The van der Waals surface area contributed by atoms with E-state index in [9.17, 15) is 8.42 Å². The number of nitrogens with zero attached hydrogens (tertiary/aromatic N) is 4. The van der Waals surface area contributed by atoms with E-state index in [1.54, 1.807) is 7.05 Å². The number of sulfonamides is 1. The fraction of sp³-hybridized carbons (Fsp3) is 0.846. The molecule has 1 fully saturated rings. The summed E-state index contributed by atoms with van der Waals surface area (Å²) in [5.74, 6) is 1.63. The Balaban J connectivity index is 1.86. The zero-order chi connectivity index (χ0) is 15.6. The first-order valence-electron chi connectivity index (χ1n) is 7.25. The summed E-state index contributed by atoms with van der Waals surface area (Å²) in [6.07, 6.45) is 2.91. The summed E-state index contributed by atoms with van der Waals surface area (Å²) >= 11 is 0. The first-order valence-corrected chi connectivity index (χ1v) is 9.10. The van der Waals surface area contributed by atoms with Crippen molar-refractivity contribution in [2.24, 2.45) is 0 Å². The van der Waals surface area contributed by atoms with Crippen molar-refractivity contribution in [3.05, 3.63) is 11.7 Å². The van der Waals surface area contributed by atoms with Crippen LogP contribution in [0.2, 0.25) is 0 Å². The minimum absolute atomic E-state index is 0.0881. The Morgan fingerprint density at radius 2 is 2.00 bits per heavy atom. The minimum Gasteiger partial charge on any atom is -0.338 e. The van der Waals surface area contributed by atoms with Gasteiger partial charge in [0, 0.05) is 32.1 Å². The lowest BCUT2D eigenvalue weighted by Gasteiger charge is -2.34. The van der Waals surface area contributed by atoms with Gasteiger partial charge in [-0.05, 0) is 12.8 Å². The largest absolute Gasteiger partial charge is 0.338 e. The summed E-state index contributed by atoms with van der Waals surface area (Å²) in [7, 11) is -1.46. The van der Waals surface area contributed by atoms with E-state index < -0.39 is 10.0 Å². The molecule has 1 aliphatic heterocycles. The minimum atomic E-state index is -3.11. The number of piperidine rings is 1. The van der Waals surface area contributed by atoms with Gasteiger partial charge >= 0.3 is 0 Å². The van der Waals surface area contributed by atoms with Crippen molar-refractivity contribution in [1.29, 1.82) is 0 Å². The Hall–Kier alpha value is -0.990. The first-order chi connectivity index (χ1) is 9.77. The smallest absolute Gasteiger partial charge is 0.240 e. The molecule has 0 amide bonds. The molecule has 0 bridgehead atoms. The number of hydrogen-bond acceptors (Lipinski definition) is 6. The molecule has 2 rings (SSSR count). The summed E-state index contributed by atoms with van der Waals surface area (Å²) in [5.41, 5.74) is 0. The molecule has 0 aromatic carbocycles. The predicted octanol–water partition coefficient (Wildman–Crippen LogP) is 1.05. The van der Waals surface area contributed by atoms with Gasteiger partial charge in [-0.1, -0.05) is 19.0 Å². The molecule has 1 aromatic rings. The van der Waals surface area contributed by atoms with E-state index in [1.165, 1.54) is 10.6 Å². The molecule has 1 aliphatic rings. The molecule has 0 N–H and O–H groups in total. The van der Waals surface area contributed by atoms with Gasteiger partial charge in [-0.25, -0.2) is 12.7 Å². The molecular weight excluding hydrogens is 292 g/mol. The van der Waals surface area contributed by atoms with Crippen LogP contribution in [0.1, 0.15) is 44.3 Å². The molecule has 0 unspecified atom stereocenters. The van der Waals surface area contributed by atoms with Crippen molar-refractivity contribution < 1.29 is 12.9 Å². The van der Waals surface area contributed by atoms with Gasteiger partial charge in [0.25, 0.3) is 0 Å². The van der Waals surface area contributed by atoms with Crippen LogP contribution >= 0.6 is 0 Å². The fourth-order valence-electron chi connectivity index (χ4n) is 2.47. The van der Waals surface area contributed by atoms with Gasteiger partial charge in [0.15, 0.2) is 5.82 Å². The average molecular weight is 316 g/mol. The van der Waals surface area contributed by atoms with Crippen molar-refractivity contribution in [1.82, 2.24) is 19.3 Å². The molecule has 0 saturated carbocycles. The molecule has 7 nitrogen and oxygen atoms in total. The quantitative estimate of drug-likeness (QED) is 0.808. The van der Waals surface area contributed by atoms with Crippen molar-refractivity contribution in [2.75, 3.05) is 26.4 Å². The number of likely N-dealkylation sites (tertiary alicyclic amines) is 1. The molecule has 0 aliphatic carbocycles. The summed E-state index contributed by atoms with van der Waals surface area (Å²) in [6.45, 7) is 6.37. The molecule has 0 atom stereocenters. The number of rotatable bonds is 5. The second-order valence-electron chi connectivity index (χ2n) is 5.99. The van der Waals surface area contributed by atoms with Gasteiger partial charge in [-0.3, -0.25) is 4.90 Å². The van der Waals surface area contributed by atoms with Crippen molar-refractivity contribution in [3.63, 3.8) is 0 Å². The van der Waals surface area contributed by atoms with Gasteiger partial charge in [0.2, 0.25) is 15.9 Å². The highest BCUT2D eigenvalue weighted by molar-refractivity contribution is 7.88. The molecule has 8 heteroatoms. The Kier molecular flexibility index (Phi) is 5.00. The third-order valence-corrected chi connectivity index (χ3v) is 5.30. The SMILES string of the molecule is CC(C)c1noc(CN2CCC(N(C)S(C)(=O)=O)CC2)n1. The lowest BCUT2D eigenvalue weighted by molar-refractivity contribution is 0.149. The molecule has 2 heterocycles. The van der Waals surface area contributed by atoms with Gasteiger partial charge in [-0.2, -0.15) is 4.98 Å². The summed E-state index contributed by atoms with van der Waals surface area (Å²) in [6, 6.07) is 0.0881. The Labute approximate surface area is 126 Å². The highest BCUT2D eigenvalue weighted by Crippen LogP contribution is 2.19. The second kappa shape index (κ2) is 6.41. The molecule has 120 valence electrons. The van der Waals surface area contributed by atoms with Crippen LogP contribution in [0.25, 0.3) is 0 Å². The maximum atomic E-state index is 11.5. The van der Waals surface area contributed by atoms with Crippen molar-refractivity contribution in [3.8, 4) is 0 Å². The number of hydrogen-bond donors (Lipinski definition) is 0. The van der Waals surface area contributed by atoms with E-state index in [1.807, 2.05) is 13.8 Å². The molecular formula is C13H24N4O3S. The fourth-order valence-corrected chi connectivity index (χ4v) is 3.22. The average Bonchev–Trinajstić information content (AvgIpc) is 2.86. The Morgan fingerprint density at radius 3 is 2.48 bits per heavy atom. The second-order valence-corrected chi connectivity index (χ2v) is 8.03. The zero-order valence-electron chi connectivity index (χ0n) is 13.1. The third-order valence-electron chi connectivity index (χ3n) is 3.95. The van der Waals surface area contributed by atoms with Gasteiger partial charge in [0.05, 0.1) is 12.8 Å². The van der Waals surface area contributed by atoms with E-state index in [4.69, 9.17) is 4.52 Å². The van der Waals surface area contributed by atoms with Crippen LogP contribution in [-0.2, 0) is 16.6 Å². The highest BCUT2D eigenvalue weighted by atomic mass is 32.2. The number of aromatic nitrogens is 2. The predicted molar refractivity (Wildman–Crippen MR) is 79.3 cm³/mol. The van der Waals surface area contributed by atoms with Crippen LogP contribution in [0.3, 0.4) is 0 Å². The third kappa shape index (κ3) is 4.24. The Bertz CT molecular complexity index is 562. The standard InChI is InChI=1S/C13H24N4O3S/c1-10(2)13-14-12(20-15-13)9-17-7-5-11(6-8-17)16(3)21(4,18)19/h10-11H,5-9H2,1-4H3. The zero-order valence-corrected chi connectivity index (χ0v) is 13.9. The van der Waals surface area contributed by atoms with E-state index >= 15 is 0 Å². The van der Waals surface area contributed by atoms with Crippen LogP contribution in [-0.4, -0.2) is 60.2 Å².